The fraction of sp³-hybridized carbons (Fsp3) is 0.238. The van der Waals surface area contributed by atoms with E-state index in [1.165, 1.54) is 12.1 Å². The monoisotopic (exact) mass is 481 g/mol. The second-order valence-electron chi connectivity index (χ2n) is 7.15. The number of carbonyl (C=O) groups is 2. The highest BCUT2D eigenvalue weighted by molar-refractivity contribution is 6.32. The van der Waals surface area contributed by atoms with Gasteiger partial charge in [0.2, 0.25) is 11.7 Å². The molecule has 8 nitrogen and oxygen atoms in total. The Hall–Kier alpha value is -3.60. The van der Waals surface area contributed by atoms with Gasteiger partial charge in [0.1, 0.15) is 5.75 Å². The summed E-state index contributed by atoms with van der Waals surface area (Å²) in [6.07, 6.45) is -4.67. The van der Waals surface area contributed by atoms with E-state index in [1.807, 2.05) is 0 Å². The molecule has 1 N–H and O–H groups in total. The molecule has 0 fully saturated rings. The minimum atomic E-state index is -4.91. The molecule has 4 rings (SSSR count). The van der Waals surface area contributed by atoms with Gasteiger partial charge in [-0.2, -0.15) is 4.98 Å². The SMILES string of the molecule is O=C(O)CCC(=O)N1CCc2cc(-c3noc(-c4ccc(Cl)c(OC(F)(F)F)c4)n3)ccc21. The standard InChI is InChI=1S/C21H15ClF3N3O5/c22-14-3-1-13(10-16(14)32-21(23,24)25)20-26-19(27-33-20)12-2-4-15-11(9-12)7-8-28(15)17(29)5-6-18(30)31/h1-4,9-10H,5-8H2,(H,30,31). The molecule has 0 unspecified atom stereocenters. The van der Waals surface area contributed by atoms with Crippen molar-refractivity contribution in [3.63, 3.8) is 0 Å². The van der Waals surface area contributed by atoms with Gasteiger partial charge in [-0.15, -0.1) is 13.2 Å². The average Bonchev–Trinajstić information content (AvgIpc) is 3.39. The van der Waals surface area contributed by atoms with Crippen LogP contribution in [-0.2, 0) is 16.0 Å². The van der Waals surface area contributed by atoms with Crippen molar-refractivity contribution in [3.05, 3.63) is 47.0 Å². The van der Waals surface area contributed by atoms with Crippen LogP contribution in [0.1, 0.15) is 18.4 Å². The molecule has 2 aromatic carbocycles. The minimum Gasteiger partial charge on any atom is -0.481 e. The lowest BCUT2D eigenvalue weighted by Crippen LogP contribution is -2.29. The fourth-order valence-electron chi connectivity index (χ4n) is 3.45. The smallest absolute Gasteiger partial charge is 0.481 e. The number of carbonyl (C=O) groups excluding carboxylic acids is 1. The van der Waals surface area contributed by atoms with Crippen LogP contribution in [0, 0.1) is 0 Å². The van der Waals surface area contributed by atoms with Gasteiger partial charge in [0, 0.05) is 29.8 Å². The molecule has 172 valence electrons. The van der Waals surface area contributed by atoms with E-state index in [9.17, 15) is 22.8 Å². The topological polar surface area (TPSA) is 106 Å². The van der Waals surface area contributed by atoms with Crippen molar-refractivity contribution < 1.29 is 37.1 Å². The van der Waals surface area contributed by atoms with Gasteiger partial charge in [-0.25, -0.2) is 0 Å². The number of amides is 1. The number of aromatic nitrogens is 2. The Morgan fingerprint density at radius 1 is 1.15 bits per heavy atom. The van der Waals surface area contributed by atoms with Crippen LogP contribution in [0.5, 0.6) is 5.75 Å². The van der Waals surface area contributed by atoms with Crippen molar-refractivity contribution in [1.82, 2.24) is 10.1 Å². The van der Waals surface area contributed by atoms with E-state index in [1.54, 1.807) is 23.1 Å². The Balaban J connectivity index is 1.55. The van der Waals surface area contributed by atoms with Gasteiger partial charge in [-0.3, -0.25) is 9.59 Å². The van der Waals surface area contributed by atoms with E-state index in [0.717, 1.165) is 11.6 Å². The summed E-state index contributed by atoms with van der Waals surface area (Å²) in [6.45, 7) is 0.432. The predicted octanol–water partition coefficient (Wildman–Crippen LogP) is 4.71. The maximum Gasteiger partial charge on any atom is 0.573 e. The second-order valence-corrected chi connectivity index (χ2v) is 7.56. The van der Waals surface area contributed by atoms with Crippen LogP contribution < -0.4 is 9.64 Å². The summed E-state index contributed by atoms with van der Waals surface area (Å²) < 4.78 is 46.8. The molecule has 2 heterocycles. The number of hydrogen-bond donors (Lipinski definition) is 1. The Kier molecular flexibility index (Phi) is 5.98. The van der Waals surface area contributed by atoms with E-state index in [-0.39, 0.29) is 41.1 Å². The third-order valence-electron chi connectivity index (χ3n) is 4.92. The number of nitrogens with zero attached hydrogens (tertiary/aromatic N) is 3. The Morgan fingerprint density at radius 2 is 1.91 bits per heavy atom. The highest BCUT2D eigenvalue weighted by atomic mass is 35.5. The number of benzene rings is 2. The third kappa shape index (κ3) is 5.08. The maximum absolute atomic E-state index is 12.6. The summed E-state index contributed by atoms with van der Waals surface area (Å²) >= 11 is 5.77. The lowest BCUT2D eigenvalue weighted by Gasteiger charge is -2.16. The molecule has 0 atom stereocenters. The highest BCUT2D eigenvalue weighted by Gasteiger charge is 2.32. The largest absolute Gasteiger partial charge is 0.573 e. The van der Waals surface area contributed by atoms with Gasteiger partial charge < -0.3 is 19.3 Å². The number of ether oxygens (including phenoxy) is 1. The number of carboxylic acid groups (broad SMARTS) is 1. The first kappa shape index (κ1) is 22.6. The summed E-state index contributed by atoms with van der Waals surface area (Å²) in [5, 5.41) is 12.4. The Labute approximate surface area is 189 Å². The van der Waals surface area contributed by atoms with Crippen molar-refractivity contribution in [3.8, 4) is 28.6 Å². The van der Waals surface area contributed by atoms with E-state index >= 15 is 0 Å². The number of hydrogen-bond acceptors (Lipinski definition) is 6. The van der Waals surface area contributed by atoms with E-state index in [0.29, 0.717) is 24.2 Å². The van der Waals surface area contributed by atoms with E-state index in [4.69, 9.17) is 21.2 Å². The lowest BCUT2D eigenvalue weighted by atomic mass is 10.1. The first-order valence-corrected chi connectivity index (χ1v) is 10.0. The van der Waals surface area contributed by atoms with Crippen LogP contribution in [0.4, 0.5) is 18.9 Å². The van der Waals surface area contributed by atoms with Gasteiger partial charge in [-0.05, 0) is 48.4 Å². The average molecular weight is 482 g/mol. The highest BCUT2D eigenvalue weighted by Crippen LogP contribution is 2.35. The zero-order valence-electron chi connectivity index (χ0n) is 16.7. The number of fused-ring (bicyclic) bond motifs is 1. The summed E-state index contributed by atoms with van der Waals surface area (Å²) in [7, 11) is 0. The van der Waals surface area contributed by atoms with Crippen molar-refractivity contribution in [1.29, 1.82) is 0 Å². The van der Waals surface area contributed by atoms with Crippen molar-refractivity contribution >= 4 is 29.2 Å². The van der Waals surface area contributed by atoms with Crippen molar-refractivity contribution in [2.75, 3.05) is 11.4 Å². The van der Waals surface area contributed by atoms with Crippen molar-refractivity contribution in [2.24, 2.45) is 0 Å². The summed E-state index contributed by atoms with van der Waals surface area (Å²) in [6, 6.07) is 8.88. The Bertz CT molecular complexity index is 1230. The van der Waals surface area contributed by atoms with Crippen molar-refractivity contribution in [2.45, 2.75) is 25.6 Å². The predicted molar refractivity (Wildman–Crippen MR) is 110 cm³/mol. The third-order valence-corrected chi connectivity index (χ3v) is 5.23. The van der Waals surface area contributed by atoms with Gasteiger partial charge in [0.05, 0.1) is 11.4 Å². The molecule has 1 amide bonds. The molecule has 0 bridgehead atoms. The van der Waals surface area contributed by atoms with Crippen LogP contribution in [0.25, 0.3) is 22.8 Å². The lowest BCUT2D eigenvalue weighted by molar-refractivity contribution is -0.274. The van der Waals surface area contributed by atoms with Gasteiger partial charge >= 0.3 is 12.3 Å². The molecular formula is C21H15ClF3N3O5. The number of alkyl halides is 3. The van der Waals surface area contributed by atoms with Gasteiger partial charge in [0.25, 0.3) is 5.89 Å². The minimum absolute atomic E-state index is 0.0281. The van der Waals surface area contributed by atoms with Crippen LogP contribution in [0.2, 0.25) is 5.02 Å². The van der Waals surface area contributed by atoms with Crippen LogP contribution in [0.3, 0.4) is 0 Å². The number of aliphatic carboxylic acids is 1. The second kappa shape index (κ2) is 8.74. The molecule has 0 saturated carbocycles. The molecular weight excluding hydrogens is 467 g/mol. The van der Waals surface area contributed by atoms with Crippen LogP contribution >= 0.6 is 11.6 Å². The quantitative estimate of drug-likeness (QED) is 0.543. The molecule has 12 heteroatoms. The first-order chi connectivity index (χ1) is 15.6. The molecule has 1 aromatic heterocycles. The summed E-state index contributed by atoms with van der Waals surface area (Å²) in [5.41, 5.74) is 2.32. The maximum atomic E-state index is 12.6. The fourth-order valence-corrected chi connectivity index (χ4v) is 3.60. The number of rotatable bonds is 6. The normalized spacial score (nSPS) is 13.2. The molecule has 0 spiro atoms. The summed E-state index contributed by atoms with van der Waals surface area (Å²) in [5.74, 6) is -1.72. The zero-order valence-corrected chi connectivity index (χ0v) is 17.5. The van der Waals surface area contributed by atoms with E-state index < -0.39 is 18.1 Å². The van der Waals surface area contributed by atoms with Crippen LogP contribution in [0.15, 0.2) is 40.9 Å². The van der Waals surface area contributed by atoms with E-state index in [2.05, 4.69) is 14.9 Å². The molecule has 0 saturated heterocycles. The van der Waals surface area contributed by atoms with Gasteiger partial charge in [-0.1, -0.05) is 16.8 Å². The Morgan fingerprint density at radius 3 is 2.64 bits per heavy atom. The molecule has 0 radical (unpaired) electrons. The number of anilines is 1. The molecule has 3 aromatic rings. The molecule has 1 aliphatic rings. The van der Waals surface area contributed by atoms with Crippen LogP contribution in [-0.4, -0.2) is 40.0 Å². The zero-order chi connectivity index (χ0) is 23.8. The first-order valence-electron chi connectivity index (χ1n) is 9.65. The number of halogens is 4. The number of carboxylic acids is 1. The molecule has 1 aliphatic heterocycles. The summed E-state index contributed by atoms with van der Waals surface area (Å²) in [4.78, 5) is 28.8. The van der Waals surface area contributed by atoms with Gasteiger partial charge in [0.15, 0.2) is 0 Å². The molecule has 33 heavy (non-hydrogen) atoms. The molecule has 0 aliphatic carbocycles.